The number of anilines is 2. The van der Waals surface area contributed by atoms with Crippen LogP contribution in [-0.4, -0.2) is 42.0 Å². The smallest absolute Gasteiger partial charge is 0.275 e. The molecule has 1 saturated heterocycles. The Morgan fingerprint density at radius 1 is 1.26 bits per heavy atom. The second kappa shape index (κ2) is 9.13. The molecule has 3 aromatic rings. The van der Waals surface area contributed by atoms with Gasteiger partial charge in [-0.05, 0) is 37.1 Å². The third-order valence-corrected chi connectivity index (χ3v) is 6.10. The molecule has 1 fully saturated rings. The van der Waals surface area contributed by atoms with Crippen molar-refractivity contribution in [2.24, 2.45) is 11.7 Å². The van der Waals surface area contributed by atoms with Crippen LogP contribution in [0.15, 0.2) is 48.0 Å². The predicted molar refractivity (Wildman–Crippen MR) is 120 cm³/mol. The van der Waals surface area contributed by atoms with Gasteiger partial charge in [-0.2, -0.15) is 0 Å². The number of thiazole rings is 1. The molecule has 0 aliphatic carbocycles. The van der Waals surface area contributed by atoms with Crippen LogP contribution in [0.2, 0.25) is 0 Å². The summed E-state index contributed by atoms with van der Waals surface area (Å²) in [5.41, 5.74) is 7.20. The number of benzene rings is 1. The lowest BCUT2D eigenvalue weighted by Gasteiger charge is -2.32. The van der Waals surface area contributed by atoms with E-state index in [1.54, 1.807) is 24.8 Å². The van der Waals surface area contributed by atoms with E-state index in [-0.39, 0.29) is 17.7 Å². The lowest BCUT2D eigenvalue weighted by Crippen LogP contribution is -2.41. The fraction of sp³-hybridized carbons (Fsp3) is 0.273. The Balaban J connectivity index is 1.42. The van der Waals surface area contributed by atoms with Crippen LogP contribution in [0.5, 0.6) is 5.75 Å². The van der Waals surface area contributed by atoms with Crippen LogP contribution < -0.4 is 20.7 Å². The molecular formula is C22H23N5O3S. The number of nitrogens with zero attached hydrogens (tertiary/aromatic N) is 3. The van der Waals surface area contributed by atoms with E-state index in [0.29, 0.717) is 28.7 Å². The molecule has 2 amide bonds. The first-order chi connectivity index (χ1) is 15.0. The molecule has 1 aromatic carbocycles. The van der Waals surface area contributed by atoms with Gasteiger partial charge in [0.1, 0.15) is 22.3 Å². The first kappa shape index (κ1) is 20.8. The fourth-order valence-corrected chi connectivity index (χ4v) is 4.41. The topological polar surface area (TPSA) is 110 Å². The van der Waals surface area contributed by atoms with Crippen molar-refractivity contribution in [2.75, 3.05) is 30.4 Å². The lowest BCUT2D eigenvalue weighted by molar-refractivity contribution is -0.122. The van der Waals surface area contributed by atoms with Crippen molar-refractivity contribution >= 4 is 34.7 Å². The van der Waals surface area contributed by atoms with Gasteiger partial charge < -0.3 is 20.7 Å². The minimum Gasteiger partial charge on any atom is -0.496 e. The van der Waals surface area contributed by atoms with Crippen LogP contribution in [0, 0.1) is 5.92 Å². The number of hydrogen-bond acceptors (Lipinski definition) is 7. The number of nitrogens with two attached hydrogens (primary N) is 1. The number of ether oxygens (including phenoxy) is 1. The van der Waals surface area contributed by atoms with Gasteiger partial charge >= 0.3 is 0 Å². The molecule has 3 heterocycles. The largest absolute Gasteiger partial charge is 0.496 e. The van der Waals surface area contributed by atoms with Gasteiger partial charge in [-0.1, -0.05) is 12.1 Å². The molecule has 9 heteroatoms. The molecule has 1 aliphatic heterocycles. The Morgan fingerprint density at radius 3 is 2.84 bits per heavy atom. The molecule has 4 rings (SSSR count). The van der Waals surface area contributed by atoms with Gasteiger partial charge in [-0.3, -0.25) is 9.59 Å². The Labute approximate surface area is 184 Å². The van der Waals surface area contributed by atoms with Crippen LogP contribution in [0.1, 0.15) is 23.3 Å². The molecule has 1 unspecified atom stereocenters. The molecule has 1 aliphatic rings. The van der Waals surface area contributed by atoms with E-state index in [0.717, 1.165) is 30.8 Å². The minimum atomic E-state index is -0.307. The number of carbonyl (C=O) groups is 2. The molecule has 2 aromatic heterocycles. The second-order valence-corrected chi connectivity index (χ2v) is 8.14. The van der Waals surface area contributed by atoms with E-state index < -0.39 is 0 Å². The first-order valence-corrected chi connectivity index (χ1v) is 10.8. The van der Waals surface area contributed by atoms with E-state index >= 15 is 0 Å². The molecule has 160 valence electrons. The normalized spacial score (nSPS) is 16.0. The molecule has 31 heavy (non-hydrogen) atoms. The molecular weight excluding hydrogens is 414 g/mol. The van der Waals surface area contributed by atoms with Crippen molar-refractivity contribution in [3.8, 4) is 16.3 Å². The van der Waals surface area contributed by atoms with Crippen molar-refractivity contribution < 1.29 is 14.3 Å². The van der Waals surface area contributed by atoms with Gasteiger partial charge in [0, 0.05) is 18.5 Å². The zero-order chi connectivity index (χ0) is 21.8. The van der Waals surface area contributed by atoms with Crippen LogP contribution in [0.25, 0.3) is 10.6 Å². The number of primary amides is 1. The van der Waals surface area contributed by atoms with Gasteiger partial charge in [0.15, 0.2) is 0 Å². The van der Waals surface area contributed by atoms with Crippen LogP contribution in [-0.2, 0) is 4.79 Å². The van der Waals surface area contributed by atoms with Gasteiger partial charge in [-0.25, -0.2) is 9.97 Å². The Hall–Kier alpha value is -3.46. The van der Waals surface area contributed by atoms with Crippen LogP contribution >= 0.6 is 11.3 Å². The molecule has 0 spiro atoms. The van der Waals surface area contributed by atoms with E-state index in [1.165, 1.54) is 11.3 Å². The summed E-state index contributed by atoms with van der Waals surface area (Å²) >= 11 is 1.38. The molecule has 0 saturated carbocycles. The van der Waals surface area contributed by atoms with Gasteiger partial charge in [0.05, 0.1) is 30.5 Å². The number of rotatable bonds is 6. The van der Waals surface area contributed by atoms with Crippen molar-refractivity contribution in [1.29, 1.82) is 0 Å². The van der Waals surface area contributed by atoms with Gasteiger partial charge in [-0.15, -0.1) is 11.3 Å². The van der Waals surface area contributed by atoms with E-state index in [9.17, 15) is 9.59 Å². The monoisotopic (exact) mass is 437 g/mol. The van der Waals surface area contributed by atoms with E-state index in [1.807, 2.05) is 35.2 Å². The quantitative estimate of drug-likeness (QED) is 0.613. The maximum Gasteiger partial charge on any atom is 0.275 e. The standard InChI is InChI=1S/C22H23N5O3S/c1-30-18-7-3-2-6-16(18)22-26-17(13-31-22)21(29)25-15-8-9-19(24-11-15)27-10-4-5-14(12-27)20(23)28/h2-3,6-9,11,13-14H,4-5,10,12H2,1H3,(H2,23,28)(H,25,29). The fourth-order valence-electron chi connectivity index (χ4n) is 3.58. The number of methoxy groups -OCH3 is 1. The molecule has 0 bridgehead atoms. The Kier molecular flexibility index (Phi) is 6.13. The average molecular weight is 438 g/mol. The summed E-state index contributed by atoms with van der Waals surface area (Å²) in [5.74, 6) is 0.732. The first-order valence-electron chi connectivity index (χ1n) is 9.95. The zero-order valence-electron chi connectivity index (χ0n) is 17.1. The summed E-state index contributed by atoms with van der Waals surface area (Å²) < 4.78 is 5.37. The highest BCUT2D eigenvalue weighted by atomic mass is 32.1. The number of aromatic nitrogens is 2. The number of pyridine rings is 1. The molecule has 3 N–H and O–H groups in total. The number of carbonyl (C=O) groups excluding carboxylic acids is 2. The third-order valence-electron chi connectivity index (χ3n) is 5.23. The van der Waals surface area contributed by atoms with Crippen molar-refractivity contribution in [2.45, 2.75) is 12.8 Å². The van der Waals surface area contributed by atoms with Gasteiger partial charge in [0.2, 0.25) is 5.91 Å². The van der Waals surface area contributed by atoms with Crippen LogP contribution in [0.3, 0.4) is 0 Å². The number of para-hydroxylation sites is 1. The molecule has 1 atom stereocenters. The molecule has 8 nitrogen and oxygen atoms in total. The van der Waals surface area contributed by atoms with E-state index in [2.05, 4.69) is 15.3 Å². The maximum atomic E-state index is 12.6. The van der Waals surface area contributed by atoms with Crippen molar-refractivity contribution in [3.05, 3.63) is 53.7 Å². The maximum absolute atomic E-state index is 12.6. The summed E-state index contributed by atoms with van der Waals surface area (Å²) in [4.78, 5) is 35.1. The second-order valence-electron chi connectivity index (χ2n) is 7.28. The summed E-state index contributed by atoms with van der Waals surface area (Å²) in [5, 5.41) is 5.26. The predicted octanol–water partition coefficient (Wildman–Crippen LogP) is 3.17. The Morgan fingerprint density at radius 2 is 2.10 bits per heavy atom. The van der Waals surface area contributed by atoms with Crippen LogP contribution in [0.4, 0.5) is 11.5 Å². The van der Waals surface area contributed by atoms with E-state index in [4.69, 9.17) is 10.5 Å². The summed E-state index contributed by atoms with van der Waals surface area (Å²) in [6.45, 7) is 1.39. The SMILES string of the molecule is COc1ccccc1-c1nc(C(=O)Nc2ccc(N3CCCC(C(N)=O)C3)nc2)cs1. The summed E-state index contributed by atoms with van der Waals surface area (Å²) in [7, 11) is 1.61. The molecule has 0 radical (unpaired) electrons. The number of nitrogens with one attached hydrogen (secondary N) is 1. The number of piperidine rings is 1. The zero-order valence-corrected chi connectivity index (χ0v) is 17.9. The van der Waals surface area contributed by atoms with Crippen molar-refractivity contribution in [3.63, 3.8) is 0 Å². The summed E-state index contributed by atoms with van der Waals surface area (Å²) in [6.07, 6.45) is 3.31. The average Bonchev–Trinajstić information content (AvgIpc) is 3.30. The third kappa shape index (κ3) is 4.66. The highest BCUT2D eigenvalue weighted by Gasteiger charge is 2.24. The highest BCUT2D eigenvalue weighted by molar-refractivity contribution is 7.13. The lowest BCUT2D eigenvalue weighted by atomic mass is 9.97. The highest BCUT2D eigenvalue weighted by Crippen LogP contribution is 2.32. The van der Waals surface area contributed by atoms with Gasteiger partial charge in [0.25, 0.3) is 5.91 Å². The summed E-state index contributed by atoms with van der Waals surface area (Å²) in [6, 6.07) is 11.2. The van der Waals surface area contributed by atoms with Crippen molar-refractivity contribution in [1.82, 2.24) is 9.97 Å². The minimum absolute atomic E-state index is 0.156. The number of hydrogen-bond donors (Lipinski definition) is 2. The Bertz CT molecular complexity index is 1080. The number of amides is 2.